The molecule has 0 saturated heterocycles. The Kier molecular flexibility index (Phi) is 3.53. The van der Waals surface area contributed by atoms with Gasteiger partial charge in [-0.05, 0) is 48.9 Å². The molecule has 0 aromatic heterocycles. The van der Waals surface area contributed by atoms with Gasteiger partial charge in [0, 0.05) is 5.56 Å². The molecule has 0 aliphatic rings. The molecule has 2 rings (SSSR count). The first kappa shape index (κ1) is 12.7. The van der Waals surface area contributed by atoms with Crippen molar-refractivity contribution in [3.05, 3.63) is 59.2 Å². The highest BCUT2D eigenvalue weighted by atomic mass is 16.5. The van der Waals surface area contributed by atoms with E-state index in [-0.39, 0.29) is 5.75 Å². The minimum atomic E-state index is -0.515. The molecule has 0 amide bonds. The second-order valence-electron chi connectivity index (χ2n) is 4.08. The Morgan fingerprint density at radius 2 is 1.89 bits per heavy atom. The normalized spacial score (nSPS) is 9.68. The quantitative estimate of drug-likeness (QED) is 0.508. The van der Waals surface area contributed by atoms with Crippen molar-refractivity contribution in [3.8, 4) is 23.8 Å². The van der Waals surface area contributed by atoms with E-state index in [1.54, 1.807) is 18.2 Å². The van der Waals surface area contributed by atoms with Gasteiger partial charge in [0.05, 0.1) is 5.56 Å². The van der Waals surface area contributed by atoms with E-state index in [9.17, 15) is 4.79 Å². The second-order valence-corrected chi connectivity index (χ2v) is 4.08. The number of terminal acetylenes is 1. The molecule has 1 N–H and O–H groups in total. The van der Waals surface area contributed by atoms with E-state index >= 15 is 0 Å². The maximum Gasteiger partial charge on any atom is 0.344 e. The zero-order chi connectivity index (χ0) is 13.8. The highest BCUT2D eigenvalue weighted by molar-refractivity contribution is 5.93. The number of ether oxygens (including phenoxy) is 1. The van der Waals surface area contributed by atoms with Gasteiger partial charge in [-0.1, -0.05) is 12.0 Å². The van der Waals surface area contributed by atoms with Crippen molar-refractivity contribution in [1.82, 2.24) is 0 Å². The van der Waals surface area contributed by atoms with E-state index < -0.39 is 5.97 Å². The Bertz CT molecular complexity index is 649. The highest BCUT2D eigenvalue weighted by Crippen LogP contribution is 2.18. The van der Waals surface area contributed by atoms with Crippen molar-refractivity contribution in [2.24, 2.45) is 0 Å². The number of rotatable bonds is 2. The summed E-state index contributed by atoms with van der Waals surface area (Å²) in [4.78, 5) is 12.0. The van der Waals surface area contributed by atoms with E-state index in [4.69, 9.17) is 16.3 Å². The van der Waals surface area contributed by atoms with Crippen LogP contribution in [0.1, 0.15) is 21.5 Å². The molecule has 3 nitrogen and oxygen atoms in total. The second kappa shape index (κ2) is 5.28. The molecule has 0 spiro atoms. The predicted molar refractivity (Wildman–Crippen MR) is 72.2 cm³/mol. The average Bonchev–Trinajstić information content (AvgIpc) is 2.41. The van der Waals surface area contributed by atoms with Crippen molar-refractivity contribution >= 4 is 5.97 Å². The Morgan fingerprint density at radius 3 is 2.53 bits per heavy atom. The van der Waals surface area contributed by atoms with Crippen LogP contribution < -0.4 is 4.74 Å². The molecule has 0 atom stereocenters. The number of hydrogen-bond donors (Lipinski definition) is 1. The predicted octanol–water partition coefficient (Wildman–Crippen LogP) is 2.90. The lowest BCUT2D eigenvalue weighted by Crippen LogP contribution is -2.10. The maximum absolute atomic E-state index is 12.0. The summed E-state index contributed by atoms with van der Waals surface area (Å²) in [5.74, 6) is 2.42. The van der Waals surface area contributed by atoms with Crippen LogP contribution in [0.15, 0.2) is 42.5 Å². The number of esters is 1. The number of aryl methyl sites for hydroxylation is 1. The molecule has 0 unspecified atom stereocenters. The van der Waals surface area contributed by atoms with Crippen LogP contribution >= 0.6 is 0 Å². The molecule has 0 bridgehead atoms. The van der Waals surface area contributed by atoms with Gasteiger partial charge >= 0.3 is 5.97 Å². The molecule has 0 aliphatic heterocycles. The summed E-state index contributed by atoms with van der Waals surface area (Å²) in [6, 6.07) is 11.1. The van der Waals surface area contributed by atoms with Crippen molar-refractivity contribution in [2.45, 2.75) is 6.92 Å². The first-order chi connectivity index (χ1) is 9.10. The highest BCUT2D eigenvalue weighted by Gasteiger charge is 2.12. The SMILES string of the molecule is C#Cc1cc(C)ccc1C(=O)Oc1ccc(O)cc1. The first-order valence-corrected chi connectivity index (χ1v) is 5.68. The van der Waals surface area contributed by atoms with Gasteiger partial charge in [0.1, 0.15) is 11.5 Å². The van der Waals surface area contributed by atoms with Crippen LogP contribution in [0.5, 0.6) is 11.5 Å². The van der Waals surface area contributed by atoms with Crippen LogP contribution in [0, 0.1) is 19.3 Å². The molecular formula is C16H12O3. The number of hydrogen-bond acceptors (Lipinski definition) is 3. The summed E-state index contributed by atoms with van der Waals surface area (Å²) >= 11 is 0. The van der Waals surface area contributed by atoms with Crippen LogP contribution in [0.2, 0.25) is 0 Å². The zero-order valence-electron chi connectivity index (χ0n) is 10.4. The molecule has 0 saturated carbocycles. The molecule has 19 heavy (non-hydrogen) atoms. The monoisotopic (exact) mass is 252 g/mol. The Morgan fingerprint density at radius 1 is 1.21 bits per heavy atom. The van der Waals surface area contributed by atoms with Crippen LogP contribution in [0.4, 0.5) is 0 Å². The molecular weight excluding hydrogens is 240 g/mol. The molecule has 2 aromatic carbocycles. The van der Waals surface area contributed by atoms with E-state index in [2.05, 4.69) is 5.92 Å². The first-order valence-electron chi connectivity index (χ1n) is 5.68. The minimum absolute atomic E-state index is 0.111. The fraction of sp³-hybridized carbons (Fsp3) is 0.0625. The lowest BCUT2D eigenvalue weighted by atomic mass is 10.1. The number of aromatic hydroxyl groups is 1. The number of phenols is 1. The van der Waals surface area contributed by atoms with Crippen LogP contribution in [-0.2, 0) is 0 Å². The standard InChI is InChI=1S/C16H12O3/c1-3-12-10-11(2)4-9-15(12)16(18)19-14-7-5-13(17)6-8-14/h1,4-10,17H,2H3. The average molecular weight is 252 g/mol. The van der Waals surface area contributed by atoms with E-state index in [0.29, 0.717) is 16.9 Å². The molecule has 3 heteroatoms. The summed E-state index contributed by atoms with van der Waals surface area (Å²) in [6.45, 7) is 1.90. The lowest BCUT2D eigenvalue weighted by molar-refractivity contribution is 0.0734. The third-order valence-corrected chi connectivity index (χ3v) is 2.60. The summed E-state index contributed by atoms with van der Waals surface area (Å²) in [5, 5.41) is 9.15. The van der Waals surface area contributed by atoms with Crippen molar-refractivity contribution < 1.29 is 14.6 Å². The van der Waals surface area contributed by atoms with Gasteiger partial charge in [0.15, 0.2) is 0 Å². The topological polar surface area (TPSA) is 46.5 Å². The minimum Gasteiger partial charge on any atom is -0.508 e. The molecule has 2 aromatic rings. The fourth-order valence-electron chi connectivity index (χ4n) is 1.63. The Hall–Kier alpha value is -2.73. The van der Waals surface area contributed by atoms with Crippen LogP contribution in [0.3, 0.4) is 0 Å². The van der Waals surface area contributed by atoms with Crippen molar-refractivity contribution in [1.29, 1.82) is 0 Å². The van der Waals surface area contributed by atoms with Gasteiger partial charge in [-0.2, -0.15) is 0 Å². The summed E-state index contributed by atoms with van der Waals surface area (Å²) in [6.07, 6.45) is 5.38. The van der Waals surface area contributed by atoms with Gasteiger partial charge in [-0.25, -0.2) is 4.79 Å². The van der Waals surface area contributed by atoms with Crippen LogP contribution in [-0.4, -0.2) is 11.1 Å². The molecule has 0 aliphatic carbocycles. The molecule has 0 radical (unpaired) electrons. The maximum atomic E-state index is 12.0. The van der Waals surface area contributed by atoms with Gasteiger partial charge in [-0.3, -0.25) is 0 Å². The van der Waals surface area contributed by atoms with Gasteiger partial charge in [-0.15, -0.1) is 6.42 Å². The molecule has 0 fully saturated rings. The summed E-state index contributed by atoms with van der Waals surface area (Å²) in [7, 11) is 0. The van der Waals surface area contributed by atoms with Gasteiger partial charge in [0.2, 0.25) is 0 Å². The third kappa shape index (κ3) is 2.93. The summed E-state index contributed by atoms with van der Waals surface area (Å²) < 4.78 is 5.19. The number of carbonyl (C=O) groups is 1. The van der Waals surface area contributed by atoms with E-state index in [1.165, 1.54) is 24.3 Å². The van der Waals surface area contributed by atoms with Crippen LogP contribution in [0.25, 0.3) is 0 Å². The van der Waals surface area contributed by atoms with Crippen molar-refractivity contribution in [2.75, 3.05) is 0 Å². The third-order valence-electron chi connectivity index (χ3n) is 2.60. The summed E-state index contributed by atoms with van der Waals surface area (Å²) in [5.41, 5.74) is 1.83. The largest absolute Gasteiger partial charge is 0.508 e. The van der Waals surface area contributed by atoms with E-state index in [1.807, 2.05) is 6.92 Å². The Balaban J connectivity index is 2.25. The molecule has 0 heterocycles. The fourth-order valence-corrected chi connectivity index (χ4v) is 1.63. The van der Waals surface area contributed by atoms with E-state index in [0.717, 1.165) is 5.56 Å². The number of carbonyl (C=O) groups excluding carboxylic acids is 1. The lowest BCUT2D eigenvalue weighted by Gasteiger charge is -2.07. The zero-order valence-corrected chi connectivity index (χ0v) is 10.4. The smallest absolute Gasteiger partial charge is 0.344 e. The van der Waals surface area contributed by atoms with Gasteiger partial charge < -0.3 is 9.84 Å². The van der Waals surface area contributed by atoms with Crippen molar-refractivity contribution in [3.63, 3.8) is 0 Å². The number of phenolic OH excluding ortho intramolecular Hbond substituents is 1. The number of benzene rings is 2. The van der Waals surface area contributed by atoms with Gasteiger partial charge in [0.25, 0.3) is 0 Å². The Labute approximate surface area is 111 Å². The molecule has 94 valence electrons.